The van der Waals surface area contributed by atoms with Crippen LogP contribution in [0.5, 0.6) is 5.88 Å². The van der Waals surface area contributed by atoms with Crippen LogP contribution in [-0.2, 0) is 14.2 Å². The summed E-state index contributed by atoms with van der Waals surface area (Å²) in [5, 5.41) is 0. The highest BCUT2D eigenvalue weighted by molar-refractivity contribution is 5.42. The van der Waals surface area contributed by atoms with Crippen LogP contribution in [0.2, 0.25) is 0 Å². The molecular formula is C16H26N4O4. The van der Waals surface area contributed by atoms with Crippen LogP contribution in [0.1, 0.15) is 0 Å². The van der Waals surface area contributed by atoms with E-state index >= 15 is 0 Å². The van der Waals surface area contributed by atoms with E-state index in [9.17, 15) is 0 Å². The number of morpholine rings is 1. The van der Waals surface area contributed by atoms with E-state index in [0.717, 1.165) is 45.1 Å². The third-order valence-corrected chi connectivity index (χ3v) is 4.45. The molecule has 134 valence electrons. The molecule has 0 aromatic carbocycles. The van der Waals surface area contributed by atoms with Gasteiger partial charge >= 0.3 is 0 Å². The van der Waals surface area contributed by atoms with Gasteiger partial charge in [-0.05, 0) is 0 Å². The number of methoxy groups -OCH3 is 2. The lowest BCUT2D eigenvalue weighted by Crippen LogP contribution is -2.59. The summed E-state index contributed by atoms with van der Waals surface area (Å²) in [6.45, 7) is 6.80. The highest BCUT2D eigenvalue weighted by Gasteiger charge is 2.40. The molecule has 24 heavy (non-hydrogen) atoms. The van der Waals surface area contributed by atoms with Gasteiger partial charge in [-0.3, -0.25) is 4.90 Å². The number of hydrogen-bond acceptors (Lipinski definition) is 8. The lowest BCUT2D eigenvalue weighted by atomic mass is 10.0. The number of aromatic nitrogens is 2. The van der Waals surface area contributed by atoms with E-state index in [1.807, 2.05) is 6.07 Å². The van der Waals surface area contributed by atoms with Crippen molar-refractivity contribution < 1.29 is 18.9 Å². The third-order valence-electron chi connectivity index (χ3n) is 4.45. The van der Waals surface area contributed by atoms with Gasteiger partial charge in [-0.25, -0.2) is 9.97 Å². The maximum Gasteiger partial charge on any atom is 0.218 e. The van der Waals surface area contributed by atoms with Crippen LogP contribution in [0.3, 0.4) is 0 Å². The monoisotopic (exact) mass is 338 g/mol. The van der Waals surface area contributed by atoms with E-state index in [0.29, 0.717) is 25.7 Å². The number of nitrogens with zero attached hydrogens (tertiary/aromatic N) is 4. The molecule has 2 fully saturated rings. The van der Waals surface area contributed by atoms with Gasteiger partial charge in [0.05, 0.1) is 40.1 Å². The van der Waals surface area contributed by atoms with Crippen LogP contribution in [0, 0.1) is 0 Å². The smallest absolute Gasteiger partial charge is 0.218 e. The van der Waals surface area contributed by atoms with Gasteiger partial charge < -0.3 is 23.8 Å². The first-order chi connectivity index (χ1) is 11.7. The normalized spacial score (nSPS) is 25.7. The van der Waals surface area contributed by atoms with Gasteiger partial charge in [0.1, 0.15) is 17.7 Å². The Kier molecular flexibility index (Phi) is 5.83. The molecule has 0 aliphatic carbocycles. The van der Waals surface area contributed by atoms with Gasteiger partial charge in [-0.1, -0.05) is 0 Å². The molecule has 0 N–H and O–H groups in total. The van der Waals surface area contributed by atoms with Crippen molar-refractivity contribution >= 4 is 5.82 Å². The zero-order valence-corrected chi connectivity index (χ0v) is 14.4. The Balaban J connectivity index is 1.72. The summed E-state index contributed by atoms with van der Waals surface area (Å²) in [4.78, 5) is 13.0. The first-order valence-electron chi connectivity index (χ1n) is 8.29. The van der Waals surface area contributed by atoms with Crippen molar-refractivity contribution in [3.8, 4) is 5.88 Å². The SMILES string of the molecule is COCCN1CCOCC2(C1)CN(c1cc(OC)ncn1)CCO2. The molecule has 2 aliphatic heterocycles. The van der Waals surface area contributed by atoms with Crippen LogP contribution >= 0.6 is 0 Å². The zero-order valence-electron chi connectivity index (χ0n) is 14.4. The summed E-state index contributed by atoms with van der Waals surface area (Å²) in [6, 6.07) is 1.86. The molecule has 3 heterocycles. The highest BCUT2D eigenvalue weighted by Crippen LogP contribution is 2.26. The summed E-state index contributed by atoms with van der Waals surface area (Å²) >= 11 is 0. The average molecular weight is 338 g/mol. The molecule has 0 bridgehead atoms. The maximum absolute atomic E-state index is 6.18. The van der Waals surface area contributed by atoms with E-state index in [-0.39, 0.29) is 5.60 Å². The summed E-state index contributed by atoms with van der Waals surface area (Å²) in [6.07, 6.45) is 1.53. The molecule has 2 saturated heterocycles. The Morgan fingerprint density at radius 2 is 2.12 bits per heavy atom. The van der Waals surface area contributed by atoms with E-state index in [1.165, 1.54) is 6.33 Å². The molecule has 1 unspecified atom stereocenters. The number of anilines is 1. The molecule has 1 aromatic heterocycles. The molecule has 0 radical (unpaired) electrons. The standard InChI is InChI=1S/C16H26N4O4/c1-21-6-3-19-4-7-23-12-16(10-19)11-20(5-8-24-16)14-9-15(22-2)18-13-17-14/h9,13H,3-8,10-12H2,1-2H3. The Morgan fingerprint density at radius 3 is 2.96 bits per heavy atom. The molecular weight excluding hydrogens is 312 g/mol. The van der Waals surface area contributed by atoms with E-state index in [2.05, 4.69) is 19.8 Å². The minimum absolute atomic E-state index is 0.347. The van der Waals surface area contributed by atoms with Crippen molar-refractivity contribution in [3.05, 3.63) is 12.4 Å². The lowest BCUT2D eigenvalue weighted by Gasteiger charge is -2.43. The molecule has 1 aromatic rings. The summed E-state index contributed by atoms with van der Waals surface area (Å²) in [5.74, 6) is 1.43. The average Bonchev–Trinajstić information content (AvgIpc) is 2.82. The van der Waals surface area contributed by atoms with Gasteiger partial charge in [0.15, 0.2) is 0 Å². The van der Waals surface area contributed by atoms with E-state index < -0.39 is 0 Å². The van der Waals surface area contributed by atoms with Crippen LogP contribution in [-0.4, -0.2) is 93.8 Å². The van der Waals surface area contributed by atoms with Crippen LogP contribution in [0.15, 0.2) is 12.4 Å². The minimum Gasteiger partial charge on any atom is -0.481 e. The summed E-state index contributed by atoms with van der Waals surface area (Å²) in [7, 11) is 3.34. The lowest BCUT2D eigenvalue weighted by molar-refractivity contribution is -0.100. The topological polar surface area (TPSA) is 69.2 Å². The minimum atomic E-state index is -0.347. The Hall–Kier alpha value is -1.48. The van der Waals surface area contributed by atoms with Crippen LogP contribution in [0.25, 0.3) is 0 Å². The van der Waals surface area contributed by atoms with Crippen molar-refractivity contribution in [3.63, 3.8) is 0 Å². The van der Waals surface area contributed by atoms with E-state index in [4.69, 9.17) is 18.9 Å². The fourth-order valence-electron chi connectivity index (χ4n) is 3.23. The molecule has 1 spiro atoms. The van der Waals surface area contributed by atoms with Crippen molar-refractivity contribution in [1.82, 2.24) is 14.9 Å². The molecule has 0 amide bonds. The molecule has 0 saturated carbocycles. The summed E-state index contributed by atoms with van der Waals surface area (Å²) in [5.41, 5.74) is -0.347. The quantitative estimate of drug-likeness (QED) is 0.745. The summed E-state index contributed by atoms with van der Waals surface area (Å²) < 4.78 is 22.4. The Morgan fingerprint density at radius 1 is 1.21 bits per heavy atom. The van der Waals surface area contributed by atoms with Crippen LogP contribution < -0.4 is 9.64 Å². The zero-order chi connectivity index (χ0) is 16.8. The van der Waals surface area contributed by atoms with Crippen molar-refractivity contribution in [2.45, 2.75) is 5.60 Å². The van der Waals surface area contributed by atoms with Crippen LogP contribution in [0.4, 0.5) is 5.82 Å². The van der Waals surface area contributed by atoms with Gasteiger partial charge in [-0.15, -0.1) is 0 Å². The Bertz CT molecular complexity index is 533. The maximum atomic E-state index is 6.18. The van der Waals surface area contributed by atoms with Crippen molar-refractivity contribution in [1.29, 1.82) is 0 Å². The van der Waals surface area contributed by atoms with E-state index in [1.54, 1.807) is 14.2 Å². The number of hydrogen-bond donors (Lipinski definition) is 0. The van der Waals surface area contributed by atoms with Gasteiger partial charge in [0, 0.05) is 39.4 Å². The fourth-order valence-corrected chi connectivity index (χ4v) is 3.23. The predicted octanol–water partition coefficient (Wildman–Crippen LogP) is 0.0392. The second kappa shape index (κ2) is 8.06. The first-order valence-corrected chi connectivity index (χ1v) is 8.29. The van der Waals surface area contributed by atoms with Crippen molar-refractivity contribution in [2.24, 2.45) is 0 Å². The highest BCUT2D eigenvalue weighted by atomic mass is 16.5. The number of rotatable bonds is 5. The second-order valence-corrected chi connectivity index (χ2v) is 6.19. The molecule has 2 aliphatic rings. The van der Waals surface area contributed by atoms with Gasteiger partial charge in [-0.2, -0.15) is 0 Å². The van der Waals surface area contributed by atoms with Gasteiger partial charge in [0.2, 0.25) is 5.88 Å². The molecule has 1 atom stereocenters. The molecule has 3 rings (SSSR count). The fraction of sp³-hybridized carbons (Fsp3) is 0.750. The Labute approximate surface area is 142 Å². The number of ether oxygens (including phenoxy) is 4. The second-order valence-electron chi connectivity index (χ2n) is 6.19. The van der Waals surface area contributed by atoms with Crippen molar-refractivity contribution in [2.75, 3.05) is 78.3 Å². The third kappa shape index (κ3) is 4.13. The molecule has 8 nitrogen and oxygen atoms in total. The predicted molar refractivity (Wildman–Crippen MR) is 88.6 cm³/mol. The van der Waals surface area contributed by atoms with Gasteiger partial charge in [0.25, 0.3) is 0 Å². The molecule has 8 heteroatoms. The first kappa shape index (κ1) is 17.3. The largest absolute Gasteiger partial charge is 0.481 e.